The Bertz CT molecular complexity index is 985. The highest BCUT2D eigenvalue weighted by Crippen LogP contribution is 2.28. The van der Waals surface area contributed by atoms with Crippen LogP contribution in [0.4, 0.5) is 0 Å². The number of terminal acetylenes is 2. The van der Waals surface area contributed by atoms with Crippen molar-refractivity contribution in [3.63, 3.8) is 0 Å². The third kappa shape index (κ3) is 19.5. The largest absolute Gasteiger partial charge is 0.391 e. The van der Waals surface area contributed by atoms with E-state index in [4.69, 9.17) is 11.2 Å². The fourth-order valence-electron chi connectivity index (χ4n) is 5.13. The molecule has 1 amide bonds. The predicted molar refractivity (Wildman–Crippen MR) is 181 cm³/mol. The van der Waals surface area contributed by atoms with Gasteiger partial charge in [-0.3, -0.25) is 4.79 Å². The van der Waals surface area contributed by atoms with E-state index in [1.54, 1.807) is 20.8 Å². The number of carbonyl (C=O) groups is 2. The Hall–Kier alpha value is -2.39. The summed E-state index contributed by atoms with van der Waals surface area (Å²) >= 11 is 0. The minimum atomic E-state index is -3.37. The van der Waals surface area contributed by atoms with Crippen molar-refractivity contribution in [1.29, 1.82) is 0 Å². The summed E-state index contributed by atoms with van der Waals surface area (Å²) in [5.41, 5.74) is 1.02. The highest BCUT2D eigenvalue weighted by Gasteiger charge is 2.30. The highest BCUT2D eigenvalue weighted by atomic mass is 32.2. The third-order valence-corrected chi connectivity index (χ3v) is 9.82. The molecule has 0 aromatic rings. The zero-order valence-corrected chi connectivity index (χ0v) is 28.6. The van der Waals surface area contributed by atoms with Crippen LogP contribution < -0.4 is 10.6 Å². The first-order chi connectivity index (χ1) is 20.5. The van der Waals surface area contributed by atoms with Crippen molar-refractivity contribution < 1.29 is 23.1 Å². The Morgan fingerprint density at radius 3 is 2.23 bits per heavy atom. The van der Waals surface area contributed by atoms with Crippen LogP contribution in [-0.2, 0) is 19.4 Å². The number of hydrogen-bond acceptors (Lipinski definition) is 6. The summed E-state index contributed by atoms with van der Waals surface area (Å²) in [5, 5.41) is 16.8. The molecule has 0 saturated heterocycles. The van der Waals surface area contributed by atoms with Gasteiger partial charge in [-0.1, -0.05) is 69.8 Å². The molecule has 1 saturated carbocycles. The number of sulfone groups is 1. The Labute approximate surface area is 264 Å². The molecule has 2 rings (SSSR count). The molecule has 7 nitrogen and oxygen atoms in total. The molecule has 246 valence electrons. The molecule has 0 bridgehead atoms. The summed E-state index contributed by atoms with van der Waals surface area (Å²) in [4.78, 5) is 21.2. The van der Waals surface area contributed by atoms with Gasteiger partial charge < -0.3 is 20.5 Å². The zero-order chi connectivity index (χ0) is 33.3. The van der Waals surface area contributed by atoms with Crippen LogP contribution in [0.5, 0.6) is 0 Å². The SMILES string of the molecule is C#CC.C#CCCC(O)[C@H](CC1CCCCC1)NCC(C)NC(=O)[C@H](CC1=CCCC=C1)CS(=O)(=O)C(C)C.C=O.CC. The maximum absolute atomic E-state index is 13.2. The standard InChI is InChI=1S/C29H48N2O4S.C3H4.C2H6.CH2O/c1-5-6-17-28(32)27(19-25-15-11-8-12-16-25)30-20-23(4)31-29(33)26(21-36(34,35)22(2)3)18-24-13-9-7-10-14-24;1-3-2;2*1-2/h1,9,13-14,22-23,25-28,30,32H,6-8,10-12,15-21H2,2-4H3,(H,31,33);1H,2H3;1-2H3;1H2/t23?,26-,27+,28?;;;/m1.../s1. The lowest BCUT2D eigenvalue weighted by Gasteiger charge is -2.31. The number of amides is 1. The molecule has 0 aromatic carbocycles. The molecular weight excluding hydrogens is 560 g/mol. The molecule has 8 heteroatoms. The van der Waals surface area contributed by atoms with Gasteiger partial charge in [-0.05, 0) is 65.7 Å². The van der Waals surface area contributed by atoms with Gasteiger partial charge in [-0.15, -0.1) is 24.7 Å². The number of carbonyl (C=O) groups excluding carboxylic acids is 2. The normalized spacial score (nSPS) is 17.4. The first-order valence-electron chi connectivity index (χ1n) is 15.9. The van der Waals surface area contributed by atoms with Crippen LogP contribution in [0.3, 0.4) is 0 Å². The van der Waals surface area contributed by atoms with Gasteiger partial charge in [0.2, 0.25) is 5.91 Å². The van der Waals surface area contributed by atoms with Gasteiger partial charge in [0.1, 0.15) is 6.79 Å². The summed E-state index contributed by atoms with van der Waals surface area (Å²) in [7, 11) is -3.37. The van der Waals surface area contributed by atoms with Crippen LogP contribution >= 0.6 is 0 Å². The number of nitrogens with one attached hydrogen (secondary N) is 2. The van der Waals surface area contributed by atoms with Gasteiger partial charge in [0.25, 0.3) is 0 Å². The maximum atomic E-state index is 13.2. The molecule has 2 aliphatic carbocycles. The average Bonchev–Trinajstić information content (AvgIpc) is 3.01. The van der Waals surface area contributed by atoms with E-state index in [-0.39, 0.29) is 23.7 Å². The van der Waals surface area contributed by atoms with E-state index in [0.717, 1.165) is 24.8 Å². The van der Waals surface area contributed by atoms with E-state index in [9.17, 15) is 18.3 Å². The number of aliphatic hydroxyl groups is 1. The Balaban J connectivity index is 0. The molecule has 4 atom stereocenters. The maximum Gasteiger partial charge on any atom is 0.224 e. The third-order valence-electron chi connectivity index (χ3n) is 7.51. The van der Waals surface area contributed by atoms with Gasteiger partial charge in [0.05, 0.1) is 23.0 Å². The van der Waals surface area contributed by atoms with E-state index in [0.29, 0.717) is 31.7 Å². The first kappa shape index (κ1) is 42.7. The van der Waals surface area contributed by atoms with Crippen molar-refractivity contribution in [3.05, 3.63) is 23.8 Å². The number of rotatable bonds is 15. The monoisotopic (exact) mass is 620 g/mol. The summed E-state index contributed by atoms with van der Waals surface area (Å²) < 4.78 is 25.3. The quantitative estimate of drug-likeness (QED) is 0.200. The van der Waals surface area contributed by atoms with Crippen molar-refractivity contribution >= 4 is 22.5 Å². The van der Waals surface area contributed by atoms with Crippen molar-refractivity contribution in [3.8, 4) is 24.7 Å². The molecule has 0 radical (unpaired) electrons. The minimum absolute atomic E-state index is 0.0737. The second-order valence-corrected chi connectivity index (χ2v) is 13.9. The summed E-state index contributed by atoms with van der Waals surface area (Å²) in [6.07, 6.45) is 26.1. The topological polar surface area (TPSA) is 113 Å². The van der Waals surface area contributed by atoms with Crippen molar-refractivity contribution in [2.45, 2.75) is 136 Å². The number of allylic oxidation sites excluding steroid dienone is 4. The van der Waals surface area contributed by atoms with Crippen LogP contribution in [0.1, 0.15) is 112 Å². The fraction of sp³-hybridized carbons (Fsp3) is 0.714. The molecule has 0 aliphatic heterocycles. The molecule has 0 aromatic heterocycles. The zero-order valence-electron chi connectivity index (χ0n) is 27.7. The molecule has 3 N–H and O–H groups in total. The lowest BCUT2D eigenvalue weighted by molar-refractivity contribution is -0.125. The van der Waals surface area contributed by atoms with E-state index in [1.165, 1.54) is 32.1 Å². The molecule has 0 spiro atoms. The number of hydrogen-bond donors (Lipinski definition) is 3. The van der Waals surface area contributed by atoms with Gasteiger partial charge in [0, 0.05) is 25.0 Å². The van der Waals surface area contributed by atoms with Crippen LogP contribution in [-0.4, -0.2) is 62.0 Å². The lowest BCUT2D eigenvalue weighted by Crippen LogP contribution is -2.49. The van der Waals surface area contributed by atoms with Gasteiger partial charge in [-0.25, -0.2) is 8.42 Å². The highest BCUT2D eigenvalue weighted by molar-refractivity contribution is 7.92. The van der Waals surface area contributed by atoms with Crippen molar-refractivity contribution in [2.24, 2.45) is 11.8 Å². The van der Waals surface area contributed by atoms with Crippen LogP contribution in [0.15, 0.2) is 23.8 Å². The number of aliphatic hydroxyl groups excluding tert-OH is 1. The first-order valence-corrected chi connectivity index (χ1v) is 17.6. The van der Waals surface area contributed by atoms with Crippen LogP contribution in [0, 0.1) is 36.5 Å². The van der Waals surface area contributed by atoms with Gasteiger partial charge >= 0.3 is 0 Å². The van der Waals surface area contributed by atoms with E-state index >= 15 is 0 Å². The second-order valence-electron chi connectivity index (χ2n) is 11.3. The molecular formula is C35H60N2O5S. The minimum Gasteiger partial charge on any atom is -0.391 e. The average molecular weight is 621 g/mol. The molecule has 43 heavy (non-hydrogen) atoms. The summed E-state index contributed by atoms with van der Waals surface area (Å²) in [5.74, 6) is 4.45. The van der Waals surface area contributed by atoms with Gasteiger partial charge in [0.15, 0.2) is 9.84 Å². The Morgan fingerprint density at radius 1 is 1.12 bits per heavy atom. The lowest BCUT2D eigenvalue weighted by atomic mass is 9.83. The molecule has 2 unspecified atom stereocenters. The fourth-order valence-corrected chi connectivity index (χ4v) is 6.35. The van der Waals surface area contributed by atoms with Crippen LogP contribution in [0.25, 0.3) is 0 Å². The van der Waals surface area contributed by atoms with Gasteiger partial charge in [-0.2, -0.15) is 0 Å². The predicted octanol–water partition coefficient (Wildman–Crippen LogP) is 5.78. The molecule has 1 fully saturated rings. The van der Waals surface area contributed by atoms with Crippen molar-refractivity contribution in [1.82, 2.24) is 10.6 Å². The molecule has 0 heterocycles. The Kier molecular flexibility index (Phi) is 25.9. The van der Waals surface area contributed by atoms with E-state index in [2.05, 4.69) is 41.0 Å². The van der Waals surface area contributed by atoms with E-state index < -0.39 is 27.1 Å². The van der Waals surface area contributed by atoms with Crippen LogP contribution in [0.2, 0.25) is 0 Å². The van der Waals surface area contributed by atoms with Crippen molar-refractivity contribution in [2.75, 3.05) is 12.3 Å². The second kappa shape index (κ2) is 26.1. The smallest absolute Gasteiger partial charge is 0.224 e. The molecule has 2 aliphatic rings. The Morgan fingerprint density at radius 2 is 1.72 bits per heavy atom. The summed E-state index contributed by atoms with van der Waals surface area (Å²) in [6.45, 7) is 13.4. The van der Waals surface area contributed by atoms with E-state index in [1.807, 2.05) is 33.6 Å². The summed E-state index contributed by atoms with van der Waals surface area (Å²) in [6, 6.07) is -0.276.